The highest BCUT2D eigenvalue weighted by Gasteiger charge is 2.26. The number of hydrogen-bond acceptors (Lipinski definition) is 5. The third-order valence-electron chi connectivity index (χ3n) is 6.03. The Morgan fingerprint density at radius 1 is 1.09 bits per heavy atom. The number of hydrogen-bond donors (Lipinski definition) is 1. The number of likely N-dealkylation sites (N-methyl/N-ethyl adjacent to an activating group) is 1. The number of nitrogens with zero attached hydrogens (tertiary/aromatic N) is 2. The summed E-state index contributed by atoms with van der Waals surface area (Å²) in [5, 5.41) is 2.77. The molecule has 0 saturated heterocycles. The van der Waals surface area contributed by atoms with E-state index in [9.17, 15) is 18.0 Å². The summed E-state index contributed by atoms with van der Waals surface area (Å²) in [6.07, 6.45) is 1.60. The van der Waals surface area contributed by atoms with Crippen molar-refractivity contribution in [1.82, 2.24) is 10.2 Å². The number of ether oxygens (including phenoxy) is 1. The van der Waals surface area contributed by atoms with Crippen LogP contribution in [0, 0.1) is 13.8 Å². The van der Waals surface area contributed by atoms with Crippen LogP contribution in [0.1, 0.15) is 43.4 Å². The van der Waals surface area contributed by atoms with Crippen molar-refractivity contribution in [2.24, 2.45) is 0 Å². The molecule has 1 atom stereocenters. The van der Waals surface area contributed by atoms with Gasteiger partial charge in [-0.05, 0) is 69.0 Å². The average Bonchev–Trinajstić information content (AvgIpc) is 2.81. The lowest BCUT2D eigenvalue weighted by Gasteiger charge is -2.29. The lowest BCUT2D eigenvalue weighted by atomic mass is 10.1. The first kappa shape index (κ1) is 28.2. The topological polar surface area (TPSA) is 96.0 Å². The minimum absolute atomic E-state index is 0.108. The van der Waals surface area contributed by atoms with Gasteiger partial charge in [-0.2, -0.15) is 0 Å². The molecule has 0 saturated carbocycles. The van der Waals surface area contributed by atoms with Gasteiger partial charge in [0.1, 0.15) is 11.8 Å². The van der Waals surface area contributed by atoms with E-state index in [4.69, 9.17) is 4.74 Å². The Hall–Kier alpha value is -3.07. The van der Waals surface area contributed by atoms with E-state index in [1.807, 2.05) is 57.2 Å². The van der Waals surface area contributed by atoms with Crippen LogP contribution >= 0.6 is 0 Å². The number of carbonyl (C=O) groups is 2. The molecule has 2 aromatic carbocycles. The van der Waals surface area contributed by atoms with E-state index in [1.54, 1.807) is 20.1 Å². The lowest BCUT2D eigenvalue weighted by Crippen LogP contribution is -2.47. The number of carbonyl (C=O) groups excluding carboxylic acids is 2. The molecule has 8 nitrogen and oxygen atoms in total. The Bertz CT molecular complexity index is 1120. The monoisotopic (exact) mass is 503 g/mol. The van der Waals surface area contributed by atoms with E-state index in [-0.39, 0.29) is 31.3 Å². The summed E-state index contributed by atoms with van der Waals surface area (Å²) in [5.74, 6) is 0.257. The molecule has 0 heterocycles. The third kappa shape index (κ3) is 7.71. The Morgan fingerprint density at radius 2 is 1.74 bits per heavy atom. The molecule has 0 aromatic heterocycles. The van der Waals surface area contributed by atoms with Crippen molar-refractivity contribution in [2.75, 3.05) is 30.8 Å². The minimum atomic E-state index is -3.54. The Morgan fingerprint density at radius 3 is 2.31 bits per heavy atom. The highest BCUT2D eigenvalue weighted by molar-refractivity contribution is 7.92. The number of anilines is 1. The highest BCUT2D eigenvalue weighted by Crippen LogP contribution is 2.25. The summed E-state index contributed by atoms with van der Waals surface area (Å²) < 4.78 is 31.6. The summed E-state index contributed by atoms with van der Waals surface area (Å²) in [4.78, 5) is 27.3. The number of nitrogens with one attached hydrogen (secondary N) is 1. The highest BCUT2D eigenvalue weighted by atomic mass is 32.2. The zero-order chi connectivity index (χ0) is 26.2. The van der Waals surface area contributed by atoms with Crippen LogP contribution in [0.3, 0.4) is 0 Å². The molecule has 2 rings (SSSR count). The SMILES string of the molecule is CCNC(=O)[C@H](C)N(Cc1ccc(OC)cc1)C(=O)CCCN(c1cccc(C)c1C)S(C)(=O)=O. The van der Waals surface area contributed by atoms with Gasteiger partial charge in [0.05, 0.1) is 19.1 Å². The molecule has 0 unspecified atom stereocenters. The van der Waals surface area contributed by atoms with Crippen molar-refractivity contribution >= 4 is 27.5 Å². The molecule has 0 radical (unpaired) electrons. The molecule has 0 aliphatic rings. The van der Waals surface area contributed by atoms with Gasteiger partial charge in [-0.15, -0.1) is 0 Å². The second kappa shape index (κ2) is 12.6. The normalized spacial score (nSPS) is 12.1. The number of rotatable bonds is 12. The molecule has 192 valence electrons. The number of aryl methyl sites for hydroxylation is 1. The van der Waals surface area contributed by atoms with Gasteiger partial charge in [0.2, 0.25) is 21.8 Å². The first-order valence-corrected chi connectivity index (χ1v) is 13.6. The van der Waals surface area contributed by atoms with Crippen LogP contribution < -0.4 is 14.4 Å². The maximum absolute atomic E-state index is 13.3. The van der Waals surface area contributed by atoms with E-state index in [0.29, 0.717) is 24.4 Å². The minimum Gasteiger partial charge on any atom is -0.497 e. The second-order valence-corrected chi connectivity index (χ2v) is 10.5. The van der Waals surface area contributed by atoms with Crippen molar-refractivity contribution in [3.05, 3.63) is 59.2 Å². The fourth-order valence-electron chi connectivity index (χ4n) is 3.82. The second-order valence-electron chi connectivity index (χ2n) is 8.60. The van der Waals surface area contributed by atoms with E-state index in [1.165, 1.54) is 15.5 Å². The third-order valence-corrected chi connectivity index (χ3v) is 7.21. The number of amides is 2. The maximum atomic E-state index is 13.3. The number of sulfonamides is 1. The molecule has 9 heteroatoms. The first-order chi connectivity index (χ1) is 16.5. The van der Waals surface area contributed by atoms with Gasteiger partial charge >= 0.3 is 0 Å². The molecule has 1 N–H and O–H groups in total. The molecular weight excluding hydrogens is 466 g/mol. The van der Waals surface area contributed by atoms with Gasteiger partial charge in [-0.3, -0.25) is 13.9 Å². The molecule has 0 bridgehead atoms. The molecule has 0 aliphatic carbocycles. The molecule has 0 fully saturated rings. The Labute approximate surface area is 209 Å². The maximum Gasteiger partial charge on any atom is 0.242 e. The van der Waals surface area contributed by atoms with E-state index >= 15 is 0 Å². The van der Waals surface area contributed by atoms with Crippen molar-refractivity contribution in [3.63, 3.8) is 0 Å². The van der Waals surface area contributed by atoms with Crippen LogP contribution in [0.15, 0.2) is 42.5 Å². The van der Waals surface area contributed by atoms with Gasteiger partial charge in [-0.1, -0.05) is 24.3 Å². The first-order valence-electron chi connectivity index (χ1n) is 11.7. The van der Waals surface area contributed by atoms with E-state index in [2.05, 4.69) is 5.32 Å². The number of methoxy groups -OCH3 is 1. The molecular formula is C26H37N3O5S. The van der Waals surface area contributed by atoms with Gasteiger partial charge in [-0.25, -0.2) is 8.42 Å². The Balaban J connectivity index is 2.19. The standard InChI is InChI=1S/C26H37N3O5S/c1-7-27-26(31)21(4)28(18-22-13-15-23(34-5)16-14-22)25(30)12-9-17-29(35(6,32)33)24-11-8-10-19(2)20(24)3/h8,10-11,13-16,21H,7,9,12,17-18H2,1-6H3,(H,27,31)/t21-/m0/s1. The van der Waals surface area contributed by atoms with Crippen LogP contribution in [0.5, 0.6) is 5.75 Å². The van der Waals surface area contributed by atoms with E-state index < -0.39 is 16.1 Å². The quantitative estimate of drug-likeness (QED) is 0.479. The smallest absolute Gasteiger partial charge is 0.242 e. The van der Waals surface area contributed by atoms with Crippen LogP contribution in [0.25, 0.3) is 0 Å². The van der Waals surface area contributed by atoms with Crippen molar-refractivity contribution in [1.29, 1.82) is 0 Å². The fourth-order valence-corrected chi connectivity index (χ4v) is 4.84. The van der Waals surface area contributed by atoms with Crippen molar-refractivity contribution in [3.8, 4) is 5.75 Å². The Kier molecular flexibility index (Phi) is 10.1. The average molecular weight is 504 g/mol. The van der Waals surface area contributed by atoms with Crippen LogP contribution in [0.4, 0.5) is 5.69 Å². The lowest BCUT2D eigenvalue weighted by molar-refractivity contribution is -0.140. The zero-order valence-corrected chi connectivity index (χ0v) is 22.3. The van der Waals surface area contributed by atoms with Crippen LogP contribution in [-0.4, -0.2) is 57.6 Å². The summed E-state index contributed by atoms with van der Waals surface area (Å²) >= 11 is 0. The molecule has 0 spiro atoms. The van der Waals surface area contributed by atoms with Crippen molar-refractivity contribution < 1.29 is 22.7 Å². The van der Waals surface area contributed by atoms with Gasteiger partial charge in [0.15, 0.2) is 0 Å². The van der Waals surface area contributed by atoms with Gasteiger partial charge in [0, 0.05) is 26.1 Å². The van der Waals surface area contributed by atoms with Crippen LogP contribution in [0.2, 0.25) is 0 Å². The molecule has 0 aliphatic heterocycles. The van der Waals surface area contributed by atoms with Gasteiger partial charge < -0.3 is 15.0 Å². The molecule has 2 amide bonds. The van der Waals surface area contributed by atoms with Crippen LogP contribution in [-0.2, 0) is 26.2 Å². The summed E-state index contributed by atoms with van der Waals surface area (Å²) in [5.41, 5.74) is 3.36. The molecule has 35 heavy (non-hydrogen) atoms. The predicted molar refractivity (Wildman–Crippen MR) is 139 cm³/mol. The largest absolute Gasteiger partial charge is 0.497 e. The van der Waals surface area contributed by atoms with E-state index in [0.717, 1.165) is 16.7 Å². The zero-order valence-electron chi connectivity index (χ0n) is 21.5. The molecule has 2 aromatic rings. The summed E-state index contributed by atoms with van der Waals surface area (Å²) in [6, 6.07) is 12.2. The number of benzene rings is 2. The summed E-state index contributed by atoms with van der Waals surface area (Å²) in [7, 11) is -1.95. The fraction of sp³-hybridized carbons (Fsp3) is 0.462. The summed E-state index contributed by atoms with van der Waals surface area (Å²) in [6.45, 7) is 8.24. The van der Waals surface area contributed by atoms with Gasteiger partial charge in [0.25, 0.3) is 0 Å². The predicted octanol–water partition coefficient (Wildman–Crippen LogP) is 3.41. The van der Waals surface area contributed by atoms with Crippen molar-refractivity contribution in [2.45, 2.75) is 53.1 Å².